The molecule has 0 bridgehead atoms. The van der Waals surface area contributed by atoms with E-state index >= 15 is 0 Å². The highest BCUT2D eigenvalue weighted by Crippen LogP contribution is 2.28. The van der Waals surface area contributed by atoms with E-state index in [0.717, 1.165) is 0 Å². The van der Waals surface area contributed by atoms with Crippen molar-refractivity contribution in [3.63, 3.8) is 0 Å². The standard InChI is InChI=1S/C20H18FNO5/c1-3-25-17-9-6-14(10-18(17)24-2)20(23)27-12-16-11-26-19(22-16)13-4-7-15(21)8-5-13/h4-11H,3,12H2,1-2H3. The van der Waals surface area contributed by atoms with E-state index < -0.39 is 5.97 Å². The molecule has 1 heterocycles. The van der Waals surface area contributed by atoms with Crippen LogP contribution in [0.5, 0.6) is 11.5 Å². The molecule has 0 aliphatic heterocycles. The van der Waals surface area contributed by atoms with Gasteiger partial charge in [0.05, 0.1) is 19.3 Å². The molecule has 6 nitrogen and oxygen atoms in total. The van der Waals surface area contributed by atoms with Crippen LogP contribution in [-0.4, -0.2) is 24.7 Å². The summed E-state index contributed by atoms with van der Waals surface area (Å²) in [6.45, 7) is 2.29. The lowest BCUT2D eigenvalue weighted by Crippen LogP contribution is -2.06. The van der Waals surface area contributed by atoms with Crippen LogP contribution in [0.3, 0.4) is 0 Å². The van der Waals surface area contributed by atoms with Crippen molar-refractivity contribution in [2.45, 2.75) is 13.5 Å². The summed E-state index contributed by atoms with van der Waals surface area (Å²) in [7, 11) is 1.50. The van der Waals surface area contributed by atoms with Gasteiger partial charge in [0.25, 0.3) is 0 Å². The number of hydrogen-bond acceptors (Lipinski definition) is 6. The molecule has 0 unspecified atom stereocenters. The van der Waals surface area contributed by atoms with Crippen LogP contribution in [-0.2, 0) is 11.3 Å². The molecule has 0 fully saturated rings. The Hall–Kier alpha value is -3.35. The second-order valence-electron chi connectivity index (χ2n) is 5.53. The maximum Gasteiger partial charge on any atom is 0.338 e. The van der Waals surface area contributed by atoms with Crippen LogP contribution in [0.4, 0.5) is 4.39 Å². The summed E-state index contributed by atoms with van der Waals surface area (Å²) < 4.78 is 34.2. The number of halogens is 1. The number of benzene rings is 2. The van der Waals surface area contributed by atoms with Gasteiger partial charge in [0.15, 0.2) is 11.5 Å². The van der Waals surface area contributed by atoms with Crippen LogP contribution >= 0.6 is 0 Å². The SMILES string of the molecule is CCOc1ccc(C(=O)OCc2coc(-c3ccc(F)cc3)n2)cc1OC. The third-order valence-corrected chi connectivity index (χ3v) is 3.69. The lowest BCUT2D eigenvalue weighted by Gasteiger charge is -2.10. The van der Waals surface area contributed by atoms with E-state index in [0.29, 0.717) is 40.8 Å². The Balaban J connectivity index is 1.65. The first-order valence-electron chi connectivity index (χ1n) is 8.29. The molecule has 2 aromatic carbocycles. The molecule has 0 amide bonds. The monoisotopic (exact) mass is 371 g/mol. The van der Waals surface area contributed by atoms with Crippen LogP contribution in [0.1, 0.15) is 23.0 Å². The molecule has 0 saturated carbocycles. The first kappa shape index (κ1) is 18.4. The smallest absolute Gasteiger partial charge is 0.338 e. The molecular formula is C20H18FNO5. The summed E-state index contributed by atoms with van der Waals surface area (Å²) in [6, 6.07) is 10.6. The zero-order valence-corrected chi connectivity index (χ0v) is 14.9. The first-order valence-corrected chi connectivity index (χ1v) is 8.29. The van der Waals surface area contributed by atoms with Crippen molar-refractivity contribution in [2.24, 2.45) is 0 Å². The van der Waals surface area contributed by atoms with E-state index in [1.807, 2.05) is 6.92 Å². The van der Waals surface area contributed by atoms with Gasteiger partial charge in [-0.15, -0.1) is 0 Å². The molecule has 0 spiro atoms. The molecule has 140 valence electrons. The maximum atomic E-state index is 13.0. The van der Waals surface area contributed by atoms with Crippen molar-refractivity contribution < 1.29 is 27.8 Å². The Morgan fingerprint density at radius 3 is 2.63 bits per heavy atom. The van der Waals surface area contributed by atoms with Gasteiger partial charge in [0, 0.05) is 5.56 Å². The van der Waals surface area contributed by atoms with E-state index in [4.69, 9.17) is 18.6 Å². The normalized spacial score (nSPS) is 10.5. The van der Waals surface area contributed by atoms with E-state index in [9.17, 15) is 9.18 Å². The lowest BCUT2D eigenvalue weighted by molar-refractivity contribution is 0.0467. The summed E-state index contributed by atoms with van der Waals surface area (Å²) in [5.41, 5.74) is 1.41. The molecule has 7 heteroatoms. The van der Waals surface area contributed by atoms with Crippen molar-refractivity contribution >= 4 is 5.97 Å². The summed E-state index contributed by atoms with van der Waals surface area (Å²) in [5.74, 6) is 0.458. The van der Waals surface area contributed by atoms with Crippen molar-refractivity contribution in [3.8, 4) is 23.0 Å². The minimum absolute atomic E-state index is 0.0565. The zero-order valence-electron chi connectivity index (χ0n) is 14.9. The molecule has 0 atom stereocenters. The van der Waals surface area contributed by atoms with E-state index in [2.05, 4.69) is 4.98 Å². The van der Waals surface area contributed by atoms with E-state index in [1.165, 1.54) is 25.5 Å². The van der Waals surface area contributed by atoms with Crippen LogP contribution in [0.2, 0.25) is 0 Å². The largest absolute Gasteiger partial charge is 0.493 e. The molecule has 0 N–H and O–H groups in total. The minimum atomic E-state index is -0.525. The number of carbonyl (C=O) groups is 1. The fourth-order valence-corrected chi connectivity index (χ4v) is 2.39. The number of methoxy groups -OCH3 is 1. The Labute approximate surface area is 155 Å². The third kappa shape index (κ3) is 4.44. The van der Waals surface area contributed by atoms with Crippen molar-refractivity contribution in [1.82, 2.24) is 4.98 Å². The first-order chi connectivity index (χ1) is 13.1. The molecule has 1 aromatic heterocycles. The van der Waals surface area contributed by atoms with Crippen molar-refractivity contribution in [1.29, 1.82) is 0 Å². The van der Waals surface area contributed by atoms with Gasteiger partial charge in [-0.1, -0.05) is 0 Å². The zero-order chi connectivity index (χ0) is 19.2. The van der Waals surface area contributed by atoms with Gasteiger partial charge in [-0.3, -0.25) is 0 Å². The number of nitrogens with zero attached hydrogens (tertiary/aromatic N) is 1. The summed E-state index contributed by atoms with van der Waals surface area (Å²) >= 11 is 0. The number of hydrogen-bond donors (Lipinski definition) is 0. The van der Waals surface area contributed by atoms with Gasteiger partial charge in [0.1, 0.15) is 24.4 Å². The quantitative estimate of drug-likeness (QED) is 0.579. The highest BCUT2D eigenvalue weighted by atomic mass is 19.1. The second-order valence-corrected chi connectivity index (χ2v) is 5.53. The molecule has 0 saturated heterocycles. The molecule has 3 aromatic rings. The summed E-state index contributed by atoms with van der Waals surface area (Å²) in [6.07, 6.45) is 1.39. The highest BCUT2D eigenvalue weighted by Gasteiger charge is 2.14. The van der Waals surface area contributed by atoms with E-state index in [-0.39, 0.29) is 12.4 Å². The number of carbonyl (C=O) groups excluding carboxylic acids is 1. The molecular weight excluding hydrogens is 353 g/mol. The van der Waals surface area contributed by atoms with Crippen LogP contribution in [0, 0.1) is 5.82 Å². The predicted octanol–water partition coefficient (Wildman–Crippen LogP) is 4.25. The van der Waals surface area contributed by atoms with Crippen LogP contribution in [0.25, 0.3) is 11.5 Å². The van der Waals surface area contributed by atoms with Gasteiger partial charge >= 0.3 is 5.97 Å². The lowest BCUT2D eigenvalue weighted by atomic mass is 10.2. The molecule has 0 aliphatic carbocycles. The molecule has 3 rings (SSSR count). The topological polar surface area (TPSA) is 70.8 Å². The van der Waals surface area contributed by atoms with Crippen LogP contribution < -0.4 is 9.47 Å². The van der Waals surface area contributed by atoms with Gasteiger partial charge < -0.3 is 18.6 Å². The number of oxazole rings is 1. The van der Waals surface area contributed by atoms with E-state index in [1.54, 1.807) is 30.3 Å². The molecule has 0 aliphatic rings. The number of ether oxygens (including phenoxy) is 3. The van der Waals surface area contributed by atoms with Gasteiger partial charge in [-0.25, -0.2) is 14.2 Å². The number of rotatable bonds is 7. The van der Waals surface area contributed by atoms with Gasteiger partial charge in [-0.2, -0.15) is 0 Å². The Morgan fingerprint density at radius 1 is 1.15 bits per heavy atom. The number of esters is 1. The minimum Gasteiger partial charge on any atom is -0.493 e. The number of aromatic nitrogens is 1. The Kier molecular flexibility index (Phi) is 5.71. The fraction of sp³-hybridized carbons (Fsp3) is 0.200. The molecule has 0 radical (unpaired) electrons. The maximum absolute atomic E-state index is 13.0. The van der Waals surface area contributed by atoms with Gasteiger partial charge in [-0.05, 0) is 49.4 Å². The average Bonchev–Trinajstić information content (AvgIpc) is 3.16. The highest BCUT2D eigenvalue weighted by molar-refractivity contribution is 5.90. The summed E-state index contributed by atoms with van der Waals surface area (Å²) in [5, 5.41) is 0. The Bertz CT molecular complexity index is 920. The van der Waals surface area contributed by atoms with Crippen molar-refractivity contribution in [3.05, 3.63) is 65.8 Å². The second kappa shape index (κ2) is 8.35. The van der Waals surface area contributed by atoms with Crippen molar-refractivity contribution in [2.75, 3.05) is 13.7 Å². The average molecular weight is 371 g/mol. The third-order valence-electron chi connectivity index (χ3n) is 3.69. The fourth-order valence-electron chi connectivity index (χ4n) is 2.39. The van der Waals surface area contributed by atoms with Gasteiger partial charge in [0.2, 0.25) is 5.89 Å². The summed E-state index contributed by atoms with van der Waals surface area (Å²) in [4.78, 5) is 16.5. The predicted molar refractivity (Wildman–Crippen MR) is 95.2 cm³/mol. The Morgan fingerprint density at radius 2 is 1.93 bits per heavy atom. The molecule has 27 heavy (non-hydrogen) atoms. The van der Waals surface area contributed by atoms with Crippen LogP contribution in [0.15, 0.2) is 53.1 Å².